The Morgan fingerprint density at radius 2 is 1.62 bits per heavy atom. The van der Waals surface area contributed by atoms with E-state index in [4.69, 9.17) is 0 Å². The number of hydrogen-bond donors (Lipinski definition) is 1. The van der Waals surface area contributed by atoms with Crippen LogP contribution in [0.25, 0.3) is 0 Å². The fraction of sp³-hybridized carbons (Fsp3) is 0.462. The molecule has 10 nitrogen and oxygen atoms in total. The van der Waals surface area contributed by atoms with Crippen LogP contribution in [0.2, 0.25) is 0 Å². The quantitative estimate of drug-likeness (QED) is 0.142. The van der Waals surface area contributed by atoms with Crippen molar-refractivity contribution in [2.75, 3.05) is 62.2 Å². The van der Waals surface area contributed by atoms with Crippen molar-refractivity contribution in [1.82, 2.24) is 15.1 Å². The number of likely N-dealkylation sites (tertiary alicyclic amines) is 1. The van der Waals surface area contributed by atoms with Crippen LogP contribution in [-0.2, 0) is 33.6 Å². The molecule has 11 heteroatoms. The topological polar surface area (TPSA) is 102 Å². The number of benzene rings is 4. The largest absolute Gasteiger partial charge is 0.371 e. The molecule has 5 heterocycles. The minimum Gasteiger partial charge on any atom is -0.371 e. The lowest BCUT2D eigenvalue weighted by atomic mass is 9.69. The fourth-order valence-corrected chi connectivity index (χ4v) is 11.4. The predicted molar refractivity (Wildman–Crippen MR) is 243 cm³/mol. The van der Waals surface area contributed by atoms with Gasteiger partial charge in [0.25, 0.3) is 0 Å². The molecule has 0 aromatic heterocycles. The van der Waals surface area contributed by atoms with Crippen LogP contribution in [0.5, 0.6) is 5.75 Å². The molecule has 63 heavy (non-hydrogen) atoms. The number of ketones is 1. The maximum Gasteiger partial charge on any atom is 0.236 e. The molecule has 1 aliphatic carbocycles. The zero-order valence-corrected chi connectivity index (χ0v) is 36.9. The molecule has 3 amide bonds. The number of piperazine rings is 1. The van der Waals surface area contributed by atoms with Gasteiger partial charge in [-0.25, -0.2) is 0 Å². The highest BCUT2D eigenvalue weighted by Gasteiger charge is 2.49. The Bertz CT molecular complexity index is 2360. The standard InChI is InChI=1S/C46H51FN4O3.C6H9NO2/c1-3-32-25-43-36(24-42(32)31(2)52)11-15-38-26-48(21-22-51(38)43)27-44(53)50-29-46(30-50)19-20-49(28-46)37-13-9-34(10-14-37)45-40(33-7-5-4-6-8-33)17-12-35-23-39(54-47)16-18-41(35)45;1-4-2-3-5(8)7-6(4)9/h4-10,13-14,16,18,23-25,38,40,45H,3,11-12,15,17,19-22,26-30H2,1-2H3;4H,2-3H2,1H3,(H,7,8,9)/t38-,40?,45?;/m1./s1. The Morgan fingerprint density at radius 3 is 2.33 bits per heavy atom. The highest BCUT2D eigenvalue weighted by atomic mass is 19.3. The number of hydrogen-bond acceptors (Lipinski definition) is 8. The number of carbonyl (C=O) groups is 4. The van der Waals surface area contributed by atoms with Gasteiger partial charge in [-0.3, -0.25) is 34.3 Å². The van der Waals surface area contributed by atoms with Gasteiger partial charge >= 0.3 is 0 Å². The van der Waals surface area contributed by atoms with Crippen molar-refractivity contribution < 1.29 is 28.6 Å². The predicted octanol–water partition coefficient (Wildman–Crippen LogP) is 7.81. The lowest BCUT2D eigenvalue weighted by molar-refractivity contribution is -0.143. The Kier molecular flexibility index (Phi) is 12.1. The number of nitrogens with one attached hydrogen (secondary N) is 1. The van der Waals surface area contributed by atoms with Gasteiger partial charge in [-0.2, -0.15) is 0 Å². The molecule has 1 spiro atoms. The first-order valence-corrected chi connectivity index (χ1v) is 23.1. The van der Waals surface area contributed by atoms with E-state index in [0.717, 1.165) is 101 Å². The molecule has 4 aromatic carbocycles. The average Bonchev–Trinajstić information content (AvgIpc) is 3.75. The summed E-state index contributed by atoms with van der Waals surface area (Å²) in [4.78, 5) is 60.6. The zero-order valence-electron chi connectivity index (χ0n) is 36.9. The van der Waals surface area contributed by atoms with E-state index < -0.39 is 0 Å². The third kappa shape index (κ3) is 8.73. The van der Waals surface area contributed by atoms with Gasteiger partial charge in [0.05, 0.1) is 6.54 Å². The number of rotatable bonds is 8. The molecular weight excluding hydrogens is 794 g/mol. The lowest BCUT2D eigenvalue weighted by Gasteiger charge is -2.50. The summed E-state index contributed by atoms with van der Waals surface area (Å²) in [6, 6.07) is 30.4. The normalized spacial score (nSPS) is 23.7. The number of carbonyl (C=O) groups excluding carboxylic acids is 4. The van der Waals surface area contributed by atoms with Crippen LogP contribution in [0, 0.1) is 11.3 Å². The fourth-order valence-electron chi connectivity index (χ4n) is 11.4. The first-order chi connectivity index (χ1) is 30.5. The average molecular weight is 854 g/mol. The van der Waals surface area contributed by atoms with Gasteiger partial charge in [0.1, 0.15) is 0 Å². The van der Waals surface area contributed by atoms with E-state index in [9.17, 15) is 23.7 Å². The van der Waals surface area contributed by atoms with E-state index in [0.29, 0.717) is 31.3 Å². The van der Waals surface area contributed by atoms with Crippen molar-refractivity contribution in [2.24, 2.45) is 11.3 Å². The van der Waals surface area contributed by atoms with Crippen LogP contribution in [-0.4, -0.2) is 91.7 Å². The van der Waals surface area contributed by atoms with Gasteiger partial charge in [-0.1, -0.05) is 62.4 Å². The van der Waals surface area contributed by atoms with Gasteiger partial charge in [0.2, 0.25) is 17.7 Å². The SMILES string of the molecule is CC1CCC(=O)NC1=O.CCc1cc2c(cc1C(C)=O)CC[C@@H]1CN(CC(=O)N3CC4(CCN(c5ccc(C6c7ccc(OF)cc7CCC6c6ccccc6)cc5)C4)C3)CCN21. The number of fused-ring (bicyclic) bond motifs is 4. The van der Waals surface area contributed by atoms with Crippen LogP contribution in [0.1, 0.15) is 108 Å². The molecule has 4 atom stereocenters. The van der Waals surface area contributed by atoms with Crippen molar-refractivity contribution in [3.05, 3.63) is 124 Å². The minimum absolute atomic E-state index is 0.0164. The number of piperidine rings is 1. The molecule has 3 unspecified atom stereocenters. The van der Waals surface area contributed by atoms with E-state index in [2.05, 4.69) is 110 Å². The van der Waals surface area contributed by atoms with E-state index in [-0.39, 0.29) is 46.5 Å². The molecule has 330 valence electrons. The van der Waals surface area contributed by atoms with E-state index in [1.807, 2.05) is 13.0 Å². The molecule has 0 bridgehead atoms. The van der Waals surface area contributed by atoms with Gasteiger partial charge in [-0.05, 0) is 128 Å². The molecule has 1 N–H and O–H groups in total. The van der Waals surface area contributed by atoms with Crippen LogP contribution < -0.4 is 20.1 Å². The zero-order chi connectivity index (χ0) is 43.8. The summed E-state index contributed by atoms with van der Waals surface area (Å²) in [5.41, 5.74) is 11.1. The smallest absolute Gasteiger partial charge is 0.236 e. The minimum atomic E-state index is -0.141. The third-order valence-electron chi connectivity index (χ3n) is 14.9. The summed E-state index contributed by atoms with van der Waals surface area (Å²) < 4.78 is 13.1. The number of Topliss-reactive ketones (excluding diaryl/α,β-unsaturated/α-hetero) is 1. The molecule has 4 aromatic rings. The van der Waals surface area contributed by atoms with Gasteiger partial charge in [0, 0.05) is 97.0 Å². The van der Waals surface area contributed by atoms with Crippen molar-refractivity contribution in [3.63, 3.8) is 0 Å². The molecule has 0 saturated carbocycles. The first kappa shape index (κ1) is 42.7. The second-order valence-electron chi connectivity index (χ2n) is 19.0. The number of anilines is 2. The number of halogens is 1. The summed E-state index contributed by atoms with van der Waals surface area (Å²) in [6.45, 7) is 12.5. The second-order valence-corrected chi connectivity index (χ2v) is 19.0. The molecule has 5 aliphatic heterocycles. The molecule has 10 rings (SSSR count). The molecular formula is C52H60FN5O5. The van der Waals surface area contributed by atoms with Crippen molar-refractivity contribution in [2.45, 2.75) is 90.0 Å². The van der Waals surface area contributed by atoms with Crippen molar-refractivity contribution in [3.8, 4) is 5.75 Å². The Balaban J connectivity index is 0.000000501. The van der Waals surface area contributed by atoms with Crippen LogP contribution >= 0.6 is 0 Å². The second kappa shape index (κ2) is 17.9. The molecule has 0 radical (unpaired) electrons. The van der Waals surface area contributed by atoms with E-state index in [1.165, 1.54) is 33.6 Å². The summed E-state index contributed by atoms with van der Waals surface area (Å²) in [6.07, 6.45) is 7.09. The number of amides is 3. The monoisotopic (exact) mass is 853 g/mol. The molecule has 6 aliphatic rings. The number of nitrogens with zero attached hydrogens (tertiary/aromatic N) is 4. The van der Waals surface area contributed by atoms with Crippen LogP contribution in [0.15, 0.2) is 84.9 Å². The van der Waals surface area contributed by atoms with Crippen molar-refractivity contribution in [1.29, 1.82) is 0 Å². The third-order valence-corrected chi connectivity index (χ3v) is 14.9. The first-order valence-electron chi connectivity index (χ1n) is 23.1. The Labute approximate surface area is 370 Å². The highest BCUT2D eigenvalue weighted by Crippen LogP contribution is 2.48. The van der Waals surface area contributed by atoms with Crippen molar-refractivity contribution >= 4 is 34.9 Å². The van der Waals surface area contributed by atoms with Gasteiger partial charge < -0.3 is 14.7 Å². The summed E-state index contributed by atoms with van der Waals surface area (Å²) in [7, 11) is 0. The van der Waals surface area contributed by atoms with Crippen LogP contribution in [0.3, 0.4) is 0 Å². The Morgan fingerprint density at radius 1 is 0.841 bits per heavy atom. The molecule has 4 saturated heterocycles. The van der Waals surface area contributed by atoms with Crippen LogP contribution in [0.4, 0.5) is 15.9 Å². The van der Waals surface area contributed by atoms with Gasteiger partial charge in [-0.15, -0.1) is 0 Å². The Hall–Kier alpha value is -5.55. The maximum absolute atomic E-state index is 13.6. The van der Waals surface area contributed by atoms with Gasteiger partial charge in [0.15, 0.2) is 11.5 Å². The lowest BCUT2D eigenvalue weighted by Crippen LogP contribution is -2.62. The van der Waals surface area contributed by atoms with E-state index >= 15 is 0 Å². The molecule has 4 fully saturated rings. The number of imide groups is 1. The summed E-state index contributed by atoms with van der Waals surface area (Å²) in [5, 5.41) is 2.25. The maximum atomic E-state index is 13.6. The number of aryl methyl sites for hydroxylation is 3. The van der Waals surface area contributed by atoms with E-state index in [1.54, 1.807) is 13.0 Å². The highest BCUT2D eigenvalue weighted by molar-refractivity contribution is 5.98. The summed E-state index contributed by atoms with van der Waals surface area (Å²) in [5.74, 6) is 0.951. The summed E-state index contributed by atoms with van der Waals surface area (Å²) >= 11 is 0.